The summed E-state index contributed by atoms with van der Waals surface area (Å²) in [4.78, 5) is 17.6. The lowest BCUT2D eigenvalue weighted by molar-refractivity contribution is -0.122. The van der Waals surface area contributed by atoms with Gasteiger partial charge in [-0.3, -0.25) is 9.69 Å². The zero-order chi connectivity index (χ0) is 18.0. The van der Waals surface area contributed by atoms with Gasteiger partial charge in [0.15, 0.2) is 0 Å². The lowest BCUT2D eigenvalue weighted by Gasteiger charge is -2.19. The number of thiocarbonyl (C=S) groups is 1. The van der Waals surface area contributed by atoms with Gasteiger partial charge in [0.2, 0.25) is 0 Å². The largest absolute Gasteiger partial charge is 0.497 e. The molecular formula is C17H18N2O3S3. The molecule has 1 N–H and O–H groups in total. The van der Waals surface area contributed by atoms with E-state index in [1.54, 1.807) is 23.8 Å². The number of hydrogen-bond acceptors (Lipinski definition) is 7. The summed E-state index contributed by atoms with van der Waals surface area (Å²) >= 11 is 8.16. The van der Waals surface area contributed by atoms with E-state index < -0.39 is 0 Å². The van der Waals surface area contributed by atoms with Gasteiger partial charge >= 0.3 is 0 Å². The van der Waals surface area contributed by atoms with Crippen molar-refractivity contribution in [3.05, 3.63) is 40.3 Å². The van der Waals surface area contributed by atoms with Gasteiger partial charge in [0.1, 0.15) is 10.1 Å². The van der Waals surface area contributed by atoms with Crippen LogP contribution in [-0.2, 0) is 4.79 Å². The number of aliphatic hydroxyl groups is 1. The van der Waals surface area contributed by atoms with Crippen molar-refractivity contribution >= 4 is 51.7 Å². The van der Waals surface area contributed by atoms with Crippen LogP contribution in [0.4, 0.5) is 5.69 Å². The molecule has 0 radical (unpaired) electrons. The Hall–Kier alpha value is -1.48. The zero-order valence-electron chi connectivity index (χ0n) is 13.9. The van der Waals surface area contributed by atoms with E-state index in [1.165, 1.54) is 11.8 Å². The van der Waals surface area contributed by atoms with Crippen molar-refractivity contribution in [2.24, 2.45) is 0 Å². The van der Waals surface area contributed by atoms with Crippen molar-refractivity contribution in [3.63, 3.8) is 0 Å². The van der Waals surface area contributed by atoms with E-state index in [0.717, 1.165) is 21.4 Å². The summed E-state index contributed by atoms with van der Waals surface area (Å²) in [5, 5.41) is 10.4. The molecule has 1 aromatic rings. The van der Waals surface area contributed by atoms with Crippen LogP contribution in [0.3, 0.4) is 0 Å². The quantitative estimate of drug-likeness (QED) is 0.608. The number of rotatable bonds is 5. The average molecular weight is 395 g/mol. The van der Waals surface area contributed by atoms with Gasteiger partial charge in [-0.15, -0.1) is 0 Å². The summed E-state index contributed by atoms with van der Waals surface area (Å²) in [6.45, 7) is 3.00. The van der Waals surface area contributed by atoms with Crippen LogP contribution in [0.25, 0.3) is 0 Å². The topological polar surface area (TPSA) is 53.0 Å². The molecule has 3 rings (SSSR count). The fourth-order valence-corrected chi connectivity index (χ4v) is 4.99. The molecular weight excluding hydrogens is 376 g/mol. The maximum atomic E-state index is 12.3. The first-order valence-electron chi connectivity index (χ1n) is 7.79. The Morgan fingerprint density at radius 2 is 2.08 bits per heavy atom. The number of methoxy groups -OCH3 is 1. The second kappa shape index (κ2) is 7.82. The summed E-state index contributed by atoms with van der Waals surface area (Å²) in [7, 11) is 1.63. The standard InChI is InChI=1S/C17H18N2O3S3/c1-3-18-16(21)14(25-17(18)23)6-7-15-19(8-9-20)12-10-11(22-2)4-5-13(12)24-15/h4-7,10,20H,3,8-9H2,1-2H3/b14-6+,15-7-. The predicted molar refractivity (Wildman–Crippen MR) is 107 cm³/mol. The first kappa shape index (κ1) is 18.3. The number of fused-ring (bicyclic) bond motifs is 1. The number of benzene rings is 1. The van der Waals surface area contributed by atoms with E-state index in [9.17, 15) is 9.90 Å². The number of carbonyl (C=O) groups is 1. The molecule has 0 unspecified atom stereocenters. The lowest BCUT2D eigenvalue weighted by Crippen LogP contribution is -2.27. The van der Waals surface area contributed by atoms with E-state index in [0.29, 0.717) is 22.3 Å². The van der Waals surface area contributed by atoms with Crippen LogP contribution < -0.4 is 9.64 Å². The van der Waals surface area contributed by atoms with Gasteiger partial charge in [-0.1, -0.05) is 35.7 Å². The molecule has 8 heteroatoms. The number of carbonyl (C=O) groups excluding carboxylic acids is 1. The zero-order valence-corrected chi connectivity index (χ0v) is 16.3. The van der Waals surface area contributed by atoms with E-state index in [-0.39, 0.29) is 12.5 Å². The first-order valence-corrected chi connectivity index (χ1v) is 9.83. The van der Waals surface area contributed by atoms with Crippen molar-refractivity contribution in [1.29, 1.82) is 0 Å². The molecule has 2 aliphatic rings. The second-order valence-electron chi connectivity index (χ2n) is 5.26. The van der Waals surface area contributed by atoms with Crippen molar-refractivity contribution in [2.45, 2.75) is 11.8 Å². The maximum absolute atomic E-state index is 12.3. The van der Waals surface area contributed by atoms with Crippen molar-refractivity contribution < 1.29 is 14.6 Å². The third kappa shape index (κ3) is 3.57. The molecule has 1 saturated heterocycles. The number of ether oxygens (including phenoxy) is 1. The molecule has 25 heavy (non-hydrogen) atoms. The van der Waals surface area contributed by atoms with Crippen LogP contribution in [-0.4, -0.2) is 47.0 Å². The number of allylic oxidation sites excluding steroid dienone is 2. The summed E-state index contributed by atoms with van der Waals surface area (Å²) in [6, 6.07) is 5.87. The molecule has 132 valence electrons. The number of thioether (sulfide) groups is 2. The number of aliphatic hydroxyl groups excluding tert-OH is 1. The van der Waals surface area contributed by atoms with E-state index in [2.05, 4.69) is 0 Å². The number of anilines is 1. The fourth-order valence-electron chi connectivity index (χ4n) is 2.60. The Balaban J connectivity index is 1.89. The van der Waals surface area contributed by atoms with Crippen LogP contribution in [0.2, 0.25) is 0 Å². The number of hydrogen-bond donors (Lipinski definition) is 1. The van der Waals surface area contributed by atoms with Gasteiger partial charge in [0.25, 0.3) is 5.91 Å². The minimum atomic E-state index is -0.0507. The number of β-amino-alcohol motifs (C(OH)–C–C–N with tert-alkyl or cyclic N) is 1. The molecule has 0 saturated carbocycles. The number of nitrogens with zero attached hydrogens (tertiary/aromatic N) is 2. The molecule has 0 aliphatic carbocycles. The van der Waals surface area contributed by atoms with Crippen LogP contribution in [0.5, 0.6) is 5.75 Å². The monoisotopic (exact) mass is 394 g/mol. The van der Waals surface area contributed by atoms with Gasteiger partial charge in [-0.25, -0.2) is 0 Å². The number of amides is 1. The molecule has 0 spiro atoms. The molecule has 1 amide bonds. The van der Waals surface area contributed by atoms with Gasteiger partial charge < -0.3 is 14.7 Å². The highest BCUT2D eigenvalue weighted by Gasteiger charge is 2.31. The van der Waals surface area contributed by atoms with Crippen molar-refractivity contribution in [1.82, 2.24) is 4.90 Å². The molecule has 2 heterocycles. The van der Waals surface area contributed by atoms with Gasteiger partial charge in [0, 0.05) is 24.1 Å². The molecule has 0 aromatic heterocycles. The molecule has 1 fully saturated rings. The highest BCUT2D eigenvalue weighted by atomic mass is 32.2. The van der Waals surface area contributed by atoms with E-state index in [1.807, 2.05) is 42.2 Å². The first-order chi connectivity index (χ1) is 12.1. The Labute approximate surface area is 160 Å². The van der Waals surface area contributed by atoms with Gasteiger partial charge in [0.05, 0.1) is 29.3 Å². The van der Waals surface area contributed by atoms with E-state index in [4.69, 9.17) is 17.0 Å². The Morgan fingerprint density at radius 3 is 2.72 bits per heavy atom. The Kier molecular flexibility index (Phi) is 5.73. The summed E-state index contributed by atoms with van der Waals surface area (Å²) < 4.78 is 5.89. The highest BCUT2D eigenvalue weighted by Crippen LogP contribution is 2.47. The summed E-state index contributed by atoms with van der Waals surface area (Å²) in [6.07, 6.45) is 3.72. The third-order valence-electron chi connectivity index (χ3n) is 3.83. The highest BCUT2D eigenvalue weighted by molar-refractivity contribution is 8.26. The second-order valence-corrected chi connectivity index (χ2v) is 8.00. The van der Waals surface area contributed by atoms with Crippen LogP contribution >= 0.6 is 35.7 Å². The third-order valence-corrected chi connectivity index (χ3v) is 6.35. The van der Waals surface area contributed by atoms with E-state index >= 15 is 0 Å². The van der Waals surface area contributed by atoms with Crippen LogP contribution in [0, 0.1) is 0 Å². The minimum Gasteiger partial charge on any atom is -0.497 e. The summed E-state index contributed by atoms with van der Waals surface area (Å²) in [5.74, 6) is 0.720. The molecule has 2 aliphatic heterocycles. The molecule has 5 nitrogen and oxygen atoms in total. The molecule has 0 bridgehead atoms. The van der Waals surface area contributed by atoms with Crippen molar-refractivity contribution in [2.75, 3.05) is 31.7 Å². The maximum Gasteiger partial charge on any atom is 0.266 e. The fraction of sp³-hybridized carbons (Fsp3) is 0.294. The number of likely N-dealkylation sites (N-methyl/N-ethyl adjacent to an activating group) is 1. The Bertz CT molecular complexity index is 776. The summed E-state index contributed by atoms with van der Waals surface area (Å²) in [5.41, 5.74) is 0.999. The predicted octanol–water partition coefficient (Wildman–Crippen LogP) is 3.21. The van der Waals surface area contributed by atoms with Crippen LogP contribution in [0.1, 0.15) is 6.92 Å². The van der Waals surface area contributed by atoms with Gasteiger partial charge in [-0.05, 0) is 31.2 Å². The lowest BCUT2D eigenvalue weighted by atomic mass is 10.2. The minimum absolute atomic E-state index is 0.0342. The van der Waals surface area contributed by atoms with Crippen LogP contribution in [0.15, 0.2) is 45.2 Å². The average Bonchev–Trinajstić information content (AvgIpc) is 3.09. The molecule has 0 atom stereocenters. The SMILES string of the molecule is CCN1C(=O)/C(=C\C=C2/Sc3ccc(OC)cc3N2CCO)SC1=S. The van der Waals surface area contributed by atoms with Crippen molar-refractivity contribution in [3.8, 4) is 5.75 Å². The molecule has 1 aromatic carbocycles. The Morgan fingerprint density at radius 1 is 1.28 bits per heavy atom. The van der Waals surface area contributed by atoms with Gasteiger partial charge in [-0.2, -0.15) is 0 Å². The smallest absolute Gasteiger partial charge is 0.266 e. The normalized spacial score (nSPS) is 20.1.